The number of hydrogen-bond acceptors (Lipinski definition) is 8. The molecule has 3 N–H and O–H groups in total. The van der Waals surface area contributed by atoms with Crippen LogP contribution in [0.3, 0.4) is 0 Å². The van der Waals surface area contributed by atoms with E-state index >= 15 is 0 Å². The quantitative estimate of drug-likeness (QED) is 0.152. The van der Waals surface area contributed by atoms with Gasteiger partial charge in [-0.25, -0.2) is 10.2 Å². The molecule has 57 heavy (non-hydrogen) atoms. The second kappa shape index (κ2) is 17.2. The van der Waals surface area contributed by atoms with E-state index < -0.39 is 49.6 Å². The molecule has 314 valence electrons. The van der Waals surface area contributed by atoms with E-state index in [1.54, 1.807) is 20.8 Å². The van der Waals surface area contributed by atoms with Crippen LogP contribution in [0.25, 0.3) is 22.0 Å². The van der Waals surface area contributed by atoms with Crippen LogP contribution in [0, 0.1) is 5.92 Å². The van der Waals surface area contributed by atoms with Crippen molar-refractivity contribution in [2.24, 2.45) is 5.92 Å². The van der Waals surface area contributed by atoms with E-state index in [4.69, 9.17) is 13.9 Å². The highest BCUT2D eigenvalue weighted by Crippen LogP contribution is 2.44. The van der Waals surface area contributed by atoms with Gasteiger partial charge in [0.25, 0.3) is 14.2 Å². The normalized spacial score (nSPS) is 20.8. The van der Waals surface area contributed by atoms with E-state index in [2.05, 4.69) is 114 Å². The predicted octanol–water partition coefficient (Wildman–Crippen LogP) is 8.65. The summed E-state index contributed by atoms with van der Waals surface area (Å²) in [5.41, 5.74) is 7.54. The second-order valence-corrected chi connectivity index (χ2v) is 24.4. The van der Waals surface area contributed by atoms with Crippen molar-refractivity contribution in [2.45, 2.75) is 162 Å². The third-order valence-electron chi connectivity index (χ3n) is 12.1. The maximum atomic E-state index is 14.5. The lowest BCUT2D eigenvalue weighted by Gasteiger charge is -2.42. The van der Waals surface area contributed by atoms with Gasteiger partial charge in [0, 0.05) is 47.9 Å². The van der Waals surface area contributed by atoms with Crippen LogP contribution in [0.2, 0.25) is 16.6 Å². The van der Waals surface area contributed by atoms with E-state index in [1.165, 1.54) is 5.01 Å². The Morgan fingerprint density at radius 1 is 0.965 bits per heavy atom. The summed E-state index contributed by atoms with van der Waals surface area (Å²) in [6.45, 7) is 28.0. The first-order chi connectivity index (χ1) is 26.5. The summed E-state index contributed by atoms with van der Waals surface area (Å²) in [5, 5.41) is 16.3. The molecular formula is C45H68N4O7Si. The molecule has 0 aliphatic carbocycles. The number of ether oxygens (including phenoxy) is 2. The van der Waals surface area contributed by atoms with Gasteiger partial charge in [-0.05, 0) is 97.6 Å². The number of carbonyl (C=O) groups excluding carboxylic acids is 3. The molecule has 2 amide bonds. The summed E-state index contributed by atoms with van der Waals surface area (Å²) in [7, 11) is -2.41. The molecule has 2 aromatic carbocycles. The lowest BCUT2D eigenvalue weighted by molar-refractivity contribution is -0.153. The number of nitrogens with one attached hydrogen (secondary N) is 2. The van der Waals surface area contributed by atoms with Crippen LogP contribution in [0.4, 0.5) is 4.79 Å². The zero-order valence-corrected chi connectivity index (χ0v) is 37.6. The minimum absolute atomic E-state index is 0.0390. The van der Waals surface area contributed by atoms with Gasteiger partial charge in [0.1, 0.15) is 23.4 Å². The fourth-order valence-corrected chi connectivity index (χ4v) is 14.1. The summed E-state index contributed by atoms with van der Waals surface area (Å²) < 4.78 is 21.1. The van der Waals surface area contributed by atoms with Gasteiger partial charge in [0.05, 0.1) is 12.7 Å². The fourth-order valence-electron chi connectivity index (χ4n) is 8.83. The van der Waals surface area contributed by atoms with Gasteiger partial charge in [-0.1, -0.05) is 80.5 Å². The maximum Gasteiger partial charge on any atom is 0.408 e. The first kappa shape index (κ1) is 44.2. The van der Waals surface area contributed by atoms with Crippen LogP contribution < -0.4 is 15.2 Å². The largest absolute Gasteiger partial charge is 0.543 e. The summed E-state index contributed by atoms with van der Waals surface area (Å²) in [4.78, 5) is 41.3. The van der Waals surface area contributed by atoms with Gasteiger partial charge in [-0.3, -0.25) is 14.6 Å². The molecule has 1 unspecified atom stereocenters. The topological polar surface area (TPSA) is 131 Å². The van der Waals surface area contributed by atoms with Crippen molar-refractivity contribution in [3.63, 3.8) is 0 Å². The molecule has 12 heteroatoms. The lowest BCUT2D eigenvalue weighted by Crippen LogP contribution is -2.60. The average Bonchev–Trinajstić information content (AvgIpc) is 3.48. The van der Waals surface area contributed by atoms with Gasteiger partial charge in [0.2, 0.25) is 0 Å². The number of alkyl carbamates (subject to hydrolysis) is 1. The standard InChI is InChI=1S/C45H68N4O7Si/c1-27(2)57(28(3)4,29(5)6)56-35-20-32-19-34(22-35)33-16-17-36-37(45(12,13)31(8)50)25-48(40(36)23-33)24-30(7)26-54-42(52)38-15-14-18-49(47-38)41(51)39(21-32)46-43(53)55-44(9,10)11/h16-17,19-20,22-23,25,27-31,38-39,47,50H,14-15,18,21,24,26H2,1-13H3,(H,46,53)/t30-,31?,38-,39-/m0/s1. The van der Waals surface area contributed by atoms with E-state index in [1.807, 2.05) is 13.0 Å². The Labute approximate surface area is 341 Å². The number of nitrogens with zero attached hydrogens (tertiary/aromatic N) is 2. The average molecular weight is 805 g/mol. The van der Waals surface area contributed by atoms with Gasteiger partial charge in [0.15, 0.2) is 0 Å². The van der Waals surface area contributed by atoms with E-state index in [-0.39, 0.29) is 24.9 Å². The van der Waals surface area contributed by atoms with Gasteiger partial charge >= 0.3 is 12.1 Å². The van der Waals surface area contributed by atoms with Crippen molar-refractivity contribution in [2.75, 3.05) is 13.2 Å². The highest BCUT2D eigenvalue weighted by Gasteiger charge is 2.47. The minimum Gasteiger partial charge on any atom is -0.543 e. The lowest BCUT2D eigenvalue weighted by atomic mass is 9.80. The first-order valence-corrected chi connectivity index (χ1v) is 23.1. The van der Waals surface area contributed by atoms with Crippen LogP contribution in [0.1, 0.15) is 114 Å². The molecule has 6 bridgehead atoms. The smallest absolute Gasteiger partial charge is 0.408 e. The van der Waals surface area contributed by atoms with Gasteiger partial charge in [-0.15, -0.1) is 0 Å². The molecule has 3 aromatic rings. The number of hydrogen-bond donors (Lipinski definition) is 3. The molecule has 0 radical (unpaired) electrons. The Bertz CT molecular complexity index is 1910. The number of carbonyl (C=O) groups is 3. The molecule has 1 aromatic heterocycles. The molecule has 3 heterocycles. The van der Waals surface area contributed by atoms with Crippen molar-refractivity contribution in [1.29, 1.82) is 0 Å². The summed E-state index contributed by atoms with van der Waals surface area (Å²) in [5.74, 6) is -0.0938. The number of amides is 2. The van der Waals surface area contributed by atoms with Crippen molar-refractivity contribution < 1.29 is 33.4 Å². The Hall–Kier alpha value is -3.87. The monoisotopic (exact) mass is 804 g/mol. The number of rotatable bonds is 8. The zero-order chi connectivity index (χ0) is 42.2. The van der Waals surface area contributed by atoms with E-state index in [9.17, 15) is 19.5 Å². The fraction of sp³-hybridized carbons (Fsp3) is 0.622. The number of esters is 1. The SMILES string of the molecule is CC(O)C(C)(C)c1cn2c3cc(ccc13)-c1cc(cc(O[Si](C(C)C)(C(C)C)C(C)C)c1)C[C@H](NC(=O)OC(C)(C)C)C(=O)N1CCC[C@H](N1)C(=O)OC[C@@H](C)C2. The number of cyclic esters (lactones) is 1. The predicted molar refractivity (Wildman–Crippen MR) is 229 cm³/mol. The Morgan fingerprint density at radius 2 is 1.63 bits per heavy atom. The molecule has 2 aliphatic rings. The van der Waals surface area contributed by atoms with Crippen LogP contribution in [-0.4, -0.2) is 77.9 Å². The van der Waals surface area contributed by atoms with Crippen molar-refractivity contribution in [1.82, 2.24) is 20.3 Å². The Kier molecular flexibility index (Phi) is 13.3. The molecule has 4 atom stereocenters. The number of aliphatic hydroxyl groups is 1. The first-order valence-electron chi connectivity index (χ1n) is 20.9. The molecular weight excluding hydrogens is 737 g/mol. The summed E-state index contributed by atoms with van der Waals surface area (Å²) >= 11 is 0. The summed E-state index contributed by atoms with van der Waals surface area (Å²) in [6.07, 6.45) is 2.09. The Morgan fingerprint density at radius 3 is 2.25 bits per heavy atom. The number of aromatic nitrogens is 1. The van der Waals surface area contributed by atoms with Crippen LogP contribution >= 0.6 is 0 Å². The number of aliphatic hydroxyl groups excluding tert-OH is 1. The highest BCUT2D eigenvalue weighted by atomic mass is 28.4. The molecule has 1 fully saturated rings. The second-order valence-electron chi connectivity index (χ2n) is 19.1. The number of hydrazine groups is 1. The van der Waals surface area contributed by atoms with Gasteiger partial charge < -0.3 is 28.9 Å². The van der Waals surface area contributed by atoms with E-state index in [0.717, 1.165) is 38.9 Å². The van der Waals surface area contributed by atoms with E-state index in [0.29, 0.717) is 42.6 Å². The third kappa shape index (κ3) is 9.71. The zero-order valence-electron chi connectivity index (χ0n) is 36.6. The van der Waals surface area contributed by atoms with Crippen LogP contribution in [-0.2, 0) is 37.4 Å². The van der Waals surface area contributed by atoms with Gasteiger partial charge in [-0.2, -0.15) is 0 Å². The molecule has 1 saturated heterocycles. The maximum absolute atomic E-state index is 14.5. The number of fused-ring (bicyclic) bond motifs is 6. The van der Waals surface area contributed by atoms with Crippen molar-refractivity contribution in [3.8, 4) is 16.9 Å². The molecule has 0 saturated carbocycles. The molecule has 0 spiro atoms. The van der Waals surface area contributed by atoms with Crippen molar-refractivity contribution >= 4 is 37.2 Å². The molecule has 11 nitrogen and oxygen atoms in total. The van der Waals surface area contributed by atoms with Crippen molar-refractivity contribution in [3.05, 3.63) is 53.7 Å². The van der Waals surface area contributed by atoms with Crippen LogP contribution in [0.5, 0.6) is 5.75 Å². The third-order valence-corrected chi connectivity index (χ3v) is 18.1. The summed E-state index contributed by atoms with van der Waals surface area (Å²) in [6, 6.07) is 10.9. The Balaban J connectivity index is 1.74. The minimum atomic E-state index is -2.41. The number of benzene rings is 2. The van der Waals surface area contributed by atoms with Crippen LogP contribution in [0.15, 0.2) is 42.6 Å². The molecule has 5 rings (SSSR count). The highest BCUT2D eigenvalue weighted by molar-refractivity contribution is 6.78. The molecule has 2 aliphatic heterocycles.